The molecule has 0 nitrogen and oxygen atoms in total. The van der Waals surface area contributed by atoms with Gasteiger partial charge in [0.05, 0.1) is 5.56 Å². The fourth-order valence-corrected chi connectivity index (χ4v) is 2.05. The molecular weight excluding hydrogens is 249 g/mol. The van der Waals surface area contributed by atoms with Crippen LogP contribution in [0.2, 0.25) is 0 Å². The third kappa shape index (κ3) is 2.25. The standard InChI is InChI=1S/C16H15F3/c1-4-11-5-7-12(8-6-11)13-14(17)9(2)10(3)15(18)16(13)19/h5-8H,4H2,1-3H3. The summed E-state index contributed by atoms with van der Waals surface area (Å²) in [5.74, 6) is -2.79. The Morgan fingerprint density at radius 3 is 1.84 bits per heavy atom. The van der Waals surface area contributed by atoms with Gasteiger partial charge in [-0.05, 0) is 42.5 Å². The first-order valence-electron chi connectivity index (χ1n) is 6.20. The van der Waals surface area contributed by atoms with Gasteiger partial charge >= 0.3 is 0 Å². The molecule has 0 atom stereocenters. The minimum absolute atomic E-state index is 0.0175. The van der Waals surface area contributed by atoms with Crippen LogP contribution >= 0.6 is 0 Å². The van der Waals surface area contributed by atoms with Crippen LogP contribution in [-0.4, -0.2) is 0 Å². The van der Waals surface area contributed by atoms with Crippen molar-refractivity contribution < 1.29 is 13.2 Å². The summed E-state index contributed by atoms with van der Waals surface area (Å²) < 4.78 is 41.8. The molecule has 0 bridgehead atoms. The third-order valence-corrected chi connectivity index (χ3v) is 3.50. The van der Waals surface area contributed by atoms with Gasteiger partial charge < -0.3 is 0 Å². The molecule has 100 valence electrons. The summed E-state index contributed by atoms with van der Waals surface area (Å²) in [5, 5.41) is 0. The Balaban J connectivity index is 2.67. The average Bonchev–Trinajstić information content (AvgIpc) is 2.44. The first-order valence-corrected chi connectivity index (χ1v) is 6.20. The van der Waals surface area contributed by atoms with Crippen LogP contribution < -0.4 is 0 Å². The molecule has 0 aliphatic carbocycles. The Bertz CT molecular complexity index is 584. The van der Waals surface area contributed by atoms with E-state index in [0.717, 1.165) is 12.0 Å². The van der Waals surface area contributed by atoms with Crippen molar-refractivity contribution in [3.63, 3.8) is 0 Å². The van der Waals surface area contributed by atoms with E-state index in [4.69, 9.17) is 0 Å². The summed E-state index contributed by atoms with van der Waals surface area (Å²) in [7, 11) is 0. The smallest absolute Gasteiger partial charge is 0.169 e. The highest BCUT2D eigenvalue weighted by atomic mass is 19.2. The predicted molar refractivity (Wildman–Crippen MR) is 70.6 cm³/mol. The second-order valence-corrected chi connectivity index (χ2v) is 4.62. The summed E-state index contributed by atoms with van der Waals surface area (Å²) in [6.45, 7) is 4.82. The van der Waals surface area contributed by atoms with Gasteiger partial charge in [0.2, 0.25) is 0 Å². The molecule has 0 N–H and O–H groups in total. The first kappa shape index (κ1) is 13.7. The van der Waals surface area contributed by atoms with Crippen LogP contribution in [0.4, 0.5) is 13.2 Å². The quantitative estimate of drug-likeness (QED) is 0.673. The molecular formula is C16H15F3. The highest BCUT2D eigenvalue weighted by Crippen LogP contribution is 2.32. The number of aryl methyl sites for hydroxylation is 1. The Morgan fingerprint density at radius 1 is 0.789 bits per heavy atom. The Kier molecular flexibility index (Phi) is 3.65. The molecule has 0 aromatic heterocycles. The molecule has 19 heavy (non-hydrogen) atoms. The molecule has 0 aliphatic heterocycles. The van der Waals surface area contributed by atoms with Crippen molar-refractivity contribution in [1.82, 2.24) is 0 Å². The average molecular weight is 264 g/mol. The fraction of sp³-hybridized carbons (Fsp3) is 0.250. The minimum Gasteiger partial charge on any atom is -0.206 e. The van der Waals surface area contributed by atoms with Crippen LogP contribution in [0.25, 0.3) is 11.1 Å². The van der Waals surface area contributed by atoms with Gasteiger partial charge in [0.25, 0.3) is 0 Å². The number of hydrogen-bond acceptors (Lipinski definition) is 0. The molecule has 2 aromatic carbocycles. The number of halogens is 3. The van der Waals surface area contributed by atoms with Crippen LogP contribution in [0.3, 0.4) is 0 Å². The monoisotopic (exact) mass is 264 g/mol. The summed E-state index contributed by atoms with van der Waals surface area (Å²) >= 11 is 0. The lowest BCUT2D eigenvalue weighted by Gasteiger charge is -2.12. The summed E-state index contributed by atoms with van der Waals surface area (Å²) in [6, 6.07) is 6.83. The van der Waals surface area contributed by atoms with Gasteiger partial charge in [0.1, 0.15) is 5.82 Å². The lowest BCUT2D eigenvalue weighted by Crippen LogP contribution is -2.02. The SMILES string of the molecule is CCc1ccc(-c2c(F)c(C)c(C)c(F)c2F)cc1. The van der Waals surface area contributed by atoms with Crippen LogP contribution in [0, 0.1) is 31.3 Å². The largest absolute Gasteiger partial charge is 0.206 e. The van der Waals surface area contributed by atoms with E-state index in [2.05, 4.69) is 0 Å². The van der Waals surface area contributed by atoms with Crippen molar-refractivity contribution in [2.24, 2.45) is 0 Å². The highest BCUT2D eigenvalue weighted by molar-refractivity contribution is 5.67. The van der Waals surface area contributed by atoms with Gasteiger partial charge in [-0.15, -0.1) is 0 Å². The summed E-state index contributed by atoms with van der Waals surface area (Å²) in [4.78, 5) is 0. The van der Waals surface area contributed by atoms with E-state index in [1.807, 2.05) is 6.92 Å². The topological polar surface area (TPSA) is 0 Å². The van der Waals surface area contributed by atoms with E-state index in [0.29, 0.717) is 5.56 Å². The molecule has 0 unspecified atom stereocenters. The van der Waals surface area contributed by atoms with Crippen LogP contribution in [-0.2, 0) is 6.42 Å². The molecule has 2 rings (SSSR count). The maximum Gasteiger partial charge on any atom is 0.169 e. The van der Waals surface area contributed by atoms with E-state index in [-0.39, 0.29) is 16.7 Å². The lowest BCUT2D eigenvalue weighted by atomic mass is 9.97. The molecule has 0 radical (unpaired) electrons. The Morgan fingerprint density at radius 2 is 1.32 bits per heavy atom. The van der Waals surface area contributed by atoms with Gasteiger partial charge in [0.15, 0.2) is 11.6 Å². The van der Waals surface area contributed by atoms with Crippen LogP contribution in [0.15, 0.2) is 24.3 Å². The van der Waals surface area contributed by atoms with E-state index in [9.17, 15) is 13.2 Å². The zero-order valence-corrected chi connectivity index (χ0v) is 11.2. The molecule has 3 heteroatoms. The Labute approximate surface area is 110 Å². The van der Waals surface area contributed by atoms with E-state index in [1.54, 1.807) is 24.3 Å². The second-order valence-electron chi connectivity index (χ2n) is 4.62. The third-order valence-electron chi connectivity index (χ3n) is 3.50. The number of rotatable bonds is 2. The minimum atomic E-state index is -1.12. The normalized spacial score (nSPS) is 10.8. The highest BCUT2D eigenvalue weighted by Gasteiger charge is 2.21. The molecule has 0 fully saturated rings. The maximum absolute atomic E-state index is 14.2. The summed E-state index contributed by atoms with van der Waals surface area (Å²) in [5.41, 5.74) is 1.30. The molecule has 2 aromatic rings. The van der Waals surface area contributed by atoms with E-state index >= 15 is 0 Å². The number of hydrogen-bond donors (Lipinski definition) is 0. The summed E-state index contributed by atoms with van der Waals surface area (Å²) in [6.07, 6.45) is 0.840. The maximum atomic E-state index is 14.2. The van der Waals surface area contributed by atoms with Crippen molar-refractivity contribution in [3.05, 3.63) is 58.4 Å². The van der Waals surface area contributed by atoms with Crippen LogP contribution in [0.1, 0.15) is 23.6 Å². The van der Waals surface area contributed by atoms with Crippen molar-refractivity contribution in [2.45, 2.75) is 27.2 Å². The van der Waals surface area contributed by atoms with Gasteiger partial charge in [-0.3, -0.25) is 0 Å². The van der Waals surface area contributed by atoms with Gasteiger partial charge in [-0.1, -0.05) is 31.2 Å². The zero-order chi connectivity index (χ0) is 14.2. The molecule has 0 aliphatic rings. The van der Waals surface area contributed by atoms with E-state index < -0.39 is 17.5 Å². The first-order chi connectivity index (χ1) is 8.97. The predicted octanol–water partition coefficient (Wildman–Crippen LogP) is 4.95. The second kappa shape index (κ2) is 5.08. The zero-order valence-electron chi connectivity index (χ0n) is 11.2. The molecule has 0 amide bonds. The van der Waals surface area contributed by atoms with Crippen molar-refractivity contribution >= 4 is 0 Å². The molecule has 0 spiro atoms. The van der Waals surface area contributed by atoms with Crippen molar-refractivity contribution in [3.8, 4) is 11.1 Å². The van der Waals surface area contributed by atoms with E-state index in [1.165, 1.54) is 13.8 Å². The lowest BCUT2D eigenvalue weighted by molar-refractivity contribution is 0.490. The van der Waals surface area contributed by atoms with Crippen LogP contribution in [0.5, 0.6) is 0 Å². The molecule has 0 saturated carbocycles. The Hall–Kier alpha value is -1.77. The van der Waals surface area contributed by atoms with Crippen molar-refractivity contribution in [1.29, 1.82) is 0 Å². The number of benzene rings is 2. The molecule has 0 heterocycles. The van der Waals surface area contributed by atoms with Crippen molar-refractivity contribution in [2.75, 3.05) is 0 Å². The van der Waals surface area contributed by atoms with Gasteiger partial charge in [-0.25, -0.2) is 13.2 Å². The van der Waals surface area contributed by atoms with Gasteiger partial charge in [-0.2, -0.15) is 0 Å². The fourth-order valence-electron chi connectivity index (χ4n) is 2.05. The van der Waals surface area contributed by atoms with Gasteiger partial charge in [0, 0.05) is 0 Å². The molecule has 0 saturated heterocycles.